The molecule has 1 aromatic rings. The Morgan fingerprint density at radius 1 is 1.19 bits per heavy atom. The Bertz CT molecular complexity index is 488. The third-order valence-corrected chi connectivity index (χ3v) is 4.58. The molecular weight excluding hydrogens is 268 g/mol. The van der Waals surface area contributed by atoms with E-state index in [0.29, 0.717) is 38.5 Å². The molecule has 1 saturated carbocycles. The molecule has 1 saturated heterocycles. The van der Waals surface area contributed by atoms with Crippen molar-refractivity contribution in [3.63, 3.8) is 0 Å². The third kappa shape index (κ3) is 3.25. The van der Waals surface area contributed by atoms with Gasteiger partial charge >= 0.3 is 0 Å². The second-order valence-corrected chi connectivity index (χ2v) is 5.94. The van der Waals surface area contributed by atoms with Crippen molar-refractivity contribution >= 4 is 11.8 Å². The number of aromatic amines is 1. The Hall–Kier alpha value is -1.85. The van der Waals surface area contributed by atoms with Gasteiger partial charge in [0, 0.05) is 44.7 Å². The molecule has 3 rings (SSSR count). The average Bonchev–Trinajstić information content (AvgIpc) is 2.96. The number of carbonyl (C=O) groups is 2. The fourth-order valence-corrected chi connectivity index (χ4v) is 2.91. The number of piperazine rings is 1. The van der Waals surface area contributed by atoms with Gasteiger partial charge in [0.05, 0.1) is 6.20 Å². The van der Waals surface area contributed by atoms with E-state index in [1.54, 1.807) is 6.20 Å². The van der Waals surface area contributed by atoms with Crippen molar-refractivity contribution in [2.45, 2.75) is 32.1 Å². The molecule has 1 aliphatic heterocycles. The van der Waals surface area contributed by atoms with Gasteiger partial charge in [-0.2, -0.15) is 5.10 Å². The van der Waals surface area contributed by atoms with Crippen LogP contribution in [-0.2, 0) is 16.0 Å². The molecule has 6 heteroatoms. The lowest BCUT2D eigenvalue weighted by Gasteiger charge is -2.38. The molecule has 21 heavy (non-hydrogen) atoms. The first kappa shape index (κ1) is 14.1. The molecule has 114 valence electrons. The van der Waals surface area contributed by atoms with Crippen LogP contribution in [0.5, 0.6) is 0 Å². The number of nitrogens with zero attached hydrogens (tertiary/aromatic N) is 3. The monoisotopic (exact) mass is 290 g/mol. The summed E-state index contributed by atoms with van der Waals surface area (Å²) in [6, 6.07) is 0. The number of rotatable bonds is 4. The van der Waals surface area contributed by atoms with Gasteiger partial charge < -0.3 is 9.80 Å². The van der Waals surface area contributed by atoms with Gasteiger partial charge in [-0.15, -0.1) is 0 Å². The van der Waals surface area contributed by atoms with Crippen molar-refractivity contribution in [3.8, 4) is 0 Å². The Kier molecular flexibility index (Phi) is 4.22. The predicted molar refractivity (Wildman–Crippen MR) is 77.4 cm³/mol. The first-order valence-corrected chi connectivity index (χ1v) is 7.78. The minimum Gasteiger partial charge on any atom is -0.339 e. The molecule has 1 aromatic heterocycles. The number of nitrogens with one attached hydrogen (secondary N) is 1. The molecule has 2 heterocycles. The second-order valence-electron chi connectivity index (χ2n) is 5.94. The third-order valence-electron chi connectivity index (χ3n) is 4.58. The average molecular weight is 290 g/mol. The van der Waals surface area contributed by atoms with Crippen LogP contribution < -0.4 is 0 Å². The van der Waals surface area contributed by atoms with E-state index in [1.807, 2.05) is 16.0 Å². The summed E-state index contributed by atoms with van der Waals surface area (Å²) in [7, 11) is 0. The summed E-state index contributed by atoms with van der Waals surface area (Å²) in [6.07, 6.45) is 8.08. The number of aromatic nitrogens is 2. The van der Waals surface area contributed by atoms with Crippen LogP contribution in [-0.4, -0.2) is 58.0 Å². The van der Waals surface area contributed by atoms with Gasteiger partial charge in [0.25, 0.3) is 0 Å². The Balaban J connectivity index is 1.42. The molecule has 0 bridgehead atoms. The number of hydrogen-bond acceptors (Lipinski definition) is 3. The number of carbonyl (C=O) groups excluding carboxylic acids is 2. The molecule has 2 amide bonds. The van der Waals surface area contributed by atoms with Crippen molar-refractivity contribution in [2.24, 2.45) is 5.92 Å². The van der Waals surface area contributed by atoms with Crippen LogP contribution in [0.15, 0.2) is 12.4 Å². The molecule has 0 unspecified atom stereocenters. The fourth-order valence-electron chi connectivity index (χ4n) is 2.91. The minimum atomic E-state index is 0.173. The number of H-pyrrole nitrogens is 1. The van der Waals surface area contributed by atoms with E-state index < -0.39 is 0 Å². The van der Waals surface area contributed by atoms with Gasteiger partial charge in [-0.25, -0.2) is 0 Å². The maximum Gasteiger partial charge on any atom is 0.225 e. The van der Waals surface area contributed by atoms with E-state index in [0.717, 1.165) is 24.8 Å². The van der Waals surface area contributed by atoms with Crippen molar-refractivity contribution in [3.05, 3.63) is 18.0 Å². The lowest BCUT2D eigenvalue weighted by Crippen LogP contribution is -2.52. The minimum absolute atomic E-state index is 0.173. The van der Waals surface area contributed by atoms with Crippen molar-refractivity contribution in [2.75, 3.05) is 26.2 Å². The summed E-state index contributed by atoms with van der Waals surface area (Å²) in [5, 5.41) is 6.63. The standard InChI is InChI=1S/C15H22N4O2/c20-14(5-4-12-10-16-17-11-12)18-6-8-19(9-7-18)15(21)13-2-1-3-13/h10-11,13H,1-9H2,(H,16,17). The molecule has 0 spiro atoms. The quantitative estimate of drug-likeness (QED) is 0.892. The molecule has 2 aliphatic rings. The largest absolute Gasteiger partial charge is 0.339 e. The van der Waals surface area contributed by atoms with Crippen molar-refractivity contribution < 1.29 is 9.59 Å². The van der Waals surface area contributed by atoms with E-state index in [2.05, 4.69) is 10.2 Å². The van der Waals surface area contributed by atoms with E-state index in [9.17, 15) is 9.59 Å². The molecule has 0 radical (unpaired) electrons. The van der Waals surface area contributed by atoms with Crippen LogP contribution >= 0.6 is 0 Å². The van der Waals surface area contributed by atoms with Gasteiger partial charge in [-0.3, -0.25) is 14.7 Å². The topological polar surface area (TPSA) is 69.3 Å². The maximum atomic E-state index is 12.2. The lowest BCUT2D eigenvalue weighted by molar-refractivity contribution is -0.144. The Morgan fingerprint density at radius 3 is 2.48 bits per heavy atom. The van der Waals surface area contributed by atoms with Crippen molar-refractivity contribution in [1.29, 1.82) is 0 Å². The second kappa shape index (κ2) is 6.28. The van der Waals surface area contributed by atoms with Gasteiger partial charge in [0.2, 0.25) is 11.8 Å². The first-order valence-electron chi connectivity index (χ1n) is 7.78. The normalized spacial score (nSPS) is 19.4. The predicted octanol–water partition coefficient (Wildman–Crippen LogP) is 0.813. The summed E-state index contributed by atoms with van der Waals surface area (Å²) in [4.78, 5) is 28.1. The van der Waals surface area contributed by atoms with Crippen LogP contribution in [0, 0.1) is 5.92 Å². The van der Waals surface area contributed by atoms with Crippen LogP contribution in [0.25, 0.3) is 0 Å². The van der Waals surface area contributed by atoms with Crippen LogP contribution in [0.1, 0.15) is 31.2 Å². The summed E-state index contributed by atoms with van der Waals surface area (Å²) in [5.74, 6) is 0.729. The van der Waals surface area contributed by atoms with Crippen LogP contribution in [0.4, 0.5) is 0 Å². The van der Waals surface area contributed by atoms with Gasteiger partial charge in [0.15, 0.2) is 0 Å². The van der Waals surface area contributed by atoms with E-state index >= 15 is 0 Å². The molecule has 0 atom stereocenters. The highest BCUT2D eigenvalue weighted by molar-refractivity contribution is 5.80. The van der Waals surface area contributed by atoms with E-state index in [4.69, 9.17) is 0 Å². The van der Waals surface area contributed by atoms with Gasteiger partial charge in [-0.1, -0.05) is 6.42 Å². The SMILES string of the molecule is O=C(CCc1cn[nH]c1)N1CCN(C(=O)C2CCC2)CC1. The Labute approximate surface area is 124 Å². The summed E-state index contributed by atoms with van der Waals surface area (Å²) in [5.41, 5.74) is 1.06. The van der Waals surface area contributed by atoms with Crippen molar-refractivity contribution in [1.82, 2.24) is 20.0 Å². The molecular formula is C15H22N4O2. The number of hydrogen-bond donors (Lipinski definition) is 1. The van der Waals surface area contributed by atoms with Gasteiger partial charge in [-0.05, 0) is 24.8 Å². The van der Waals surface area contributed by atoms with E-state index in [-0.39, 0.29) is 11.8 Å². The zero-order valence-corrected chi connectivity index (χ0v) is 12.3. The fraction of sp³-hybridized carbons (Fsp3) is 0.667. The highest BCUT2D eigenvalue weighted by Gasteiger charge is 2.31. The number of amides is 2. The first-order chi connectivity index (χ1) is 10.2. The Morgan fingerprint density at radius 2 is 1.90 bits per heavy atom. The smallest absolute Gasteiger partial charge is 0.225 e. The molecule has 6 nitrogen and oxygen atoms in total. The van der Waals surface area contributed by atoms with E-state index in [1.165, 1.54) is 6.42 Å². The van der Waals surface area contributed by atoms with Crippen LogP contribution in [0.3, 0.4) is 0 Å². The maximum absolute atomic E-state index is 12.2. The van der Waals surface area contributed by atoms with Gasteiger partial charge in [0.1, 0.15) is 0 Å². The zero-order chi connectivity index (χ0) is 14.7. The molecule has 0 aromatic carbocycles. The summed E-state index contributed by atoms with van der Waals surface area (Å²) in [6.45, 7) is 2.71. The highest BCUT2D eigenvalue weighted by Crippen LogP contribution is 2.28. The molecule has 1 aliphatic carbocycles. The summed E-state index contributed by atoms with van der Waals surface area (Å²) < 4.78 is 0. The lowest BCUT2D eigenvalue weighted by atomic mass is 9.84. The van der Waals surface area contributed by atoms with Crippen LogP contribution in [0.2, 0.25) is 0 Å². The summed E-state index contributed by atoms with van der Waals surface area (Å²) >= 11 is 0. The molecule has 1 N–H and O–H groups in total. The zero-order valence-electron chi connectivity index (χ0n) is 12.3. The molecule has 2 fully saturated rings. The highest BCUT2D eigenvalue weighted by atomic mass is 16.2. The number of aryl methyl sites for hydroxylation is 1.